The molecular formula is C17H20O5. The quantitative estimate of drug-likeness (QED) is 0.340. The molecule has 1 N–H and O–H groups in total. The van der Waals surface area contributed by atoms with Crippen molar-refractivity contribution >= 4 is 11.8 Å². The highest BCUT2D eigenvalue weighted by molar-refractivity contribution is 5.91. The number of esters is 1. The zero-order valence-corrected chi connectivity index (χ0v) is 12.6. The number of epoxide rings is 1. The van der Waals surface area contributed by atoms with Crippen molar-refractivity contribution in [2.24, 2.45) is 17.8 Å². The smallest absolute Gasteiger partial charge is 0.334 e. The van der Waals surface area contributed by atoms with Gasteiger partial charge in [0.25, 0.3) is 0 Å². The highest BCUT2D eigenvalue weighted by Gasteiger charge is 2.69. The lowest BCUT2D eigenvalue weighted by Crippen LogP contribution is -2.42. The Morgan fingerprint density at radius 3 is 2.64 bits per heavy atom. The van der Waals surface area contributed by atoms with E-state index in [0.29, 0.717) is 37.0 Å². The first-order valence-electron chi connectivity index (χ1n) is 7.74. The molecule has 1 unspecified atom stereocenters. The Hall–Kier alpha value is -1.46. The predicted octanol–water partition coefficient (Wildman–Crippen LogP) is 1.16. The van der Waals surface area contributed by atoms with Gasteiger partial charge in [0.2, 0.25) is 0 Å². The lowest BCUT2D eigenvalue weighted by Gasteiger charge is -2.33. The molecule has 0 aromatic rings. The number of carbonyl (C=O) groups excluding carboxylic acids is 2. The van der Waals surface area contributed by atoms with Crippen LogP contribution in [0.3, 0.4) is 0 Å². The van der Waals surface area contributed by atoms with Gasteiger partial charge in [-0.05, 0) is 25.3 Å². The molecule has 0 radical (unpaired) electrons. The molecule has 0 aromatic heterocycles. The molecule has 118 valence electrons. The molecule has 2 heterocycles. The van der Waals surface area contributed by atoms with Crippen molar-refractivity contribution in [3.63, 3.8) is 0 Å². The molecule has 0 bridgehead atoms. The number of carbonyl (C=O) groups is 2. The molecule has 2 saturated heterocycles. The predicted molar refractivity (Wildman–Crippen MR) is 76.8 cm³/mol. The van der Waals surface area contributed by atoms with Crippen LogP contribution in [0.15, 0.2) is 24.3 Å². The van der Waals surface area contributed by atoms with E-state index in [1.807, 2.05) is 0 Å². The number of Topliss-reactive ketones (excluding diaryl/α,β-unsaturated/α-hetero) is 1. The molecule has 4 rings (SSSR count). The van der Waals surface area contributed by atoms with Crippen molar-refractivity contribution in [2.45, 2.75) is 43.5 Å². The average molecular weight is 304 g/mol. The van der Waals surface area contributed by atoms with E-state index >= 15 is 0 Å². The molecule has 4 fully saturated rings. The van der Waals surface area contributed by atoms with Crippen molar-refractivity contribution in [3.8, 4) is 0 Å². The van der Waals surface area contributed by atoms with E-state index in [-0.39, 0.29) is 35.6 Å². The number of ether oxygens (including phenoxy) is 2. The van der Waals surface area contributed by atoms with E-state index in [4.69, 9.17) is 9.47 Å². The summed E-state index contributed by atoms with van der Waals surface area (Å²) in [7, 11) is 0. The first-order chi connectivity index (χ1) is 10.3. The average Bonchev–Trinajstić information content (AvgIpc) is 3.12. The van der Waals surface area contributed by atoms with Gasteiger partial charge in [-0.3, -0.25) is 4.79 Å². The summed E-state index contributed by atoms with van der Waals surface area (Å²) in [5.41, 5.74) is -0.711. The minimum Gasteiger partial charge on any atom is -0.458 e. The van der Waals surface area contributed by atoms with Gasteiger partial charge in [-0.1, -0.05) is 13.2 Å². The van der Waals surface area contributed by atoms with Crippen LogP contribution in [0.4, 0.5) is 0 Å². The van der Waals surface area contributed by atoms with Gasteiger partial charge >= 0.3 is 5.97 Å². The first kappa shape index (κ1) is 14.2. The minimum atomic E-state index is -1.19. The van der Waals surface area contributed by atoms with Crippen molar-refractivity contribution < 1.29 is 24.2 Å². The highest BCUT2D eigenvalue weighted by Crippen LogP contribution is 2.61. The van der Waals surface area contributed by atoms with Gasteiger partial charge in [-0.15, -0.1) is 0 Å². The van der Waals surface area contributed by atoms with Crippen LogP contribution in [-0.2, 0) is 19.1 Å². The van der Waals surface area contributed by atoms with Gasteiger partial charge in [0.05, 0.1) is 12.2 Å². The van der Waals surface area contributed by atoms with E-state index in [1.54, 1.807) is 0 Å². The number of hydrogen-bond donors (Lipinski definition) is 1. The van der Waals surface area contributed by atoms with Crippen LogP contribution < -0.4 is 0 Å². The fourth-order valence-electron chi connectivity index (χ4n) is 4.77. The molecule has 0 aromatic carbocycles. The molecule has 5 nitrogen and oxygen atoms in total. The van der Waals surface area contributed by atoms with Gasteiger partial charge in [-0.25, -0.2) is 4.79 Å². The number of ketones is 1. The summed E-state index contributed by atoms with van der Waals surface area (Å²) in [6.45, 7) is 9.92. The zero-order valence-electron chi connectivity index (χ0n) is 12.6. The van der Waals surface area contributed by atoms with Crippen molar-refractivity contribution in [1.29, 1.82) is 0 Å². The maximum Gasteiger partial charge on any atom is 0.334 e. The second kappa shape index (κ2) is 4.09. The molecule has 6 atom stereocenters. The fourth-order valence-corrected chi connectivity index (χ4v) is 4.77. The van der Waals surface area contributed by atoms with Crippen molar-refractivity contribution in [3.05, 3.63) is 24.3 Å². The minimum absolute atomic E-state index is 0.0245. The third kappa shape index (κ3) is 1.61. The molecule has 0 amide bonds. The van der Waals surface area contributed by atoms with Gasteiger partial charge < -0.3 is 14.6 Å². The molecule has 2 aliphatic carbocycles. The maximum absolute atomic E-state index is 11.9. The maximum atomic E-state index is 11.9. The summed E-state index contributed by atoms with van der Waals surface area (Å²) in [5, 5.41) is 11.4. The van der Waals surface area contributed by atoms with E-state index in [9.17, 15) is 14.7 Å². The lowest BCUT2D eigenvalue weighted by molar-refractivity contribution is -0.139. The summed E-state index contributed by atoms with van der Waals surface area (Å²) in [5.74, 6) is -1.10. The highest BCUT2D eigenvalue weighted by atomic mass is 16.6. The Kier molecular flexibility index (Phi) is 2.63. The van der Waals surface area contributed by atoms with Crippen LogP contribution in [0.25, 0.3) is 0 Å². The Bertz CT molecular complexity index is 617. The standard InChI is InChI=1S/C17H20O5/c1-8-12-5-17(20)9(2)11(10(3)18)4-14(17)16(7-21-16)6-13(12)22-15(8)19/h11-14,20H,1-2,4-7H2,3H3/t11-,12+,13-,14-,16?,17+/m0/s1. The largest absolute Gasteiger partial charge is 0.458 e. The van der Waals surface area contributed by atoms with Crippen molar-refractivity contribution in [2.75, 3.05) is 6.61 Å². The van der Waals surface area contributed by atoms with Crippen LogP contribution in [-0.4, -0.2) is 40.8 Å². The molecular weight excluding hydrogens is 284 g/mol. The van der Waals surface area contributed by atoms with E-state index < -0.39 is 11.2 Å². The van der Waals surface area contributed by atoms with Gasteiger partial charge in [0.1, 0.15) is 17.5 Å². The monoisotopic (exact) mass is 304 g/mol. The van der Waals surface area contributed by atoms with Crippen LogP contribution in [0, 0.1) is 17.8 Å². The molecule has 1 spiro atoms. The van der Waals surface area contributed by atoms with Crippen LogP contribution in [0.1, 0.15) is 26.2 Å². The summed E-state index contributed by atoms with van der Waals surface area (Å²) in [6.07, 6.45) is 1.17. The Morgan fingerprint density at radius 1 is 1.36 bits per heavy atom. The third-order valence-corrected chi connectivity index (χ3v) is 6.16. The summed E-state index contributed by atoms with van der Waals surface area (Å²) in [6, 6.07) is 0. The van der Waals surface area contributed by atoms with E-state index in [2.05, 4.69) is 13.2 Å². The normalized spacial score (nSPS) is 49.6. The molecule has 22 heavy (non-hydrogen) atoms. The third-order valence-electron chi connectivity index (χ3n) is 6.16. The molecule has 2 aliphatic heterocycles. The van der Waals surface area contributed by atoms with Gasteiger partial charge in [0, 0.05) is 29.7 Å². The number of aliphatic hydroxyl groups is 1. The number of fused-ring (bicyclic) bond motifs is 3. The number of rotatable bonds is 1. The van der Waals surface area contributed by atoms with Crippen LogP contribution in [0.2, 0.25) is 0 Å². The first-order valence-corrected chi connectivity index (χ1v) is 7.74. The fraction of sp³-hybridized carbons (Fsp3) is 0.647. The topological polar surface area (TPSA) is 76.1 Å². The Morgan fingerprint density at radius 2 is 2.05 bits per heavy atom. The van der Waals surface area contributed by atoms with Gasteiger partial charge in [-0.2, -0.15) is 0 Å². The van der Waals surface area contributed by atoms with Crippen LogP contribution >= 0.6 is 0 Å². The lowest BCUT2D eigenvalue weighted by atomic mass is 9.76. The van der Waals surface area contributed by atoms with Gasteiger partial charge in [0.15, 0.2) is 0 Å². The second-order valence-electron chi connectivity index (χ2n) is 7.24. The zero-order chi connectivity index (χ0) is 15.9. The summed E-state index contributed by atoms with van der Waals surface area (Å²) >= 11 is 0. The number of hydrogen-bond acceptors (Lipinski definition) is 5. The SMILES string of the molecule is C=C1C(=O)O[C@H]2CC3(CO3)[C@@H]3C[C@H](C(C)=O)C(=C)[C@]3(O)C[C@H]12. The Balaban J connectivity index is 1.77. The summed E-state index contributed by atoms with van der Waals surface area (Å²) < 4.78 is 11.1. The van der Waals surface area contributed by atoms with E-state index in [1.165, 1.54) is 6.92 Å². The van der Waals surface area contributed by atoms with Crippen LogP contribution in [0.5, 0.6) is 0 Å². The second-order valence-corrected chi connectivity index (χ2v) is 7.24. The molecule has 5 heteroatoms. The van der Waals surface area contributed by atoms with Crippen molar-refractivity contribution in [1.82, 2.24) is 0 Å². The molecule has 2 saturated carbocycles. The van der Waals surface area contributed by atoms with E-state index in [0.717, 1.165) is 0 Å². The molecule has 4 aliphatic rings. The summed E-state index contributed by atoms with van der Waals surface area (Å²) in [4.78, 5) is 23.7. The Labute approximate surface area is 129 Å².